The second kappa shape index (κ2) is 8.56. The number of rotatable bonds is 5. The molecule has 2 aliphatic heterocycles. The largest absolute Gasteiger partial charge is 0.508 e. The van der Waals surface area contributed by atoms with E-state index in [0.717, 1.165) is 9.80 Å². The summed E-state index contributed by atoms with van der Waals surface area (Å²) in [5.74, 6) is -6.84. The van der Waals surface area contributed by atoms with Gasteiger partial charge in [0.05, 0.1) is 23.7 Å². The van der Waals surface area contributed by atoms with Gasteiger partial charge < -0.3 is 10.2 Å². The Labute approximate surface area is 224 Å². The van der Waals surface area contributed by atoms with E-state index in [2.05, 4.69) is 15.9 Å². The van der Waals surface area contributed by atoms with Gasteiger partial charge in [0.25, 0.3) is 11.8 Å². The van der Waals surface area contributed by atoms with Crippen molar-refractivity contribution in [1.82, 2.24) is 9.80 Å². The average molecular weight is 600 g/mol. The Balaban J connectivity index is 1.66. The SMILES string of the molecule is O=C(O)CCN1C(=O)C2CC=C3C(CC4(Cl)C(=O)N(CBr)C(=O)C4(Cl)C3c3cccc(O)c3)C2C1=O. The number of fused-ring (bicyclic) bond motifs is 4. The number of nitrogens with zero attached hydrogens (tertiary/aromatic N) is 2. The number of phenols is 1. The molecule has 1 saturated carbocycles. The molecule has 2 saturated heterocycles. The van der Waals surface area contributed by atoms with E-state index in [1.165, 1.54) is 12.1 Å². The normalized spacial score (nSPS) is 35.5. The van der Waals surface area contributed by atoms with Crippen LogP contribution in [0.5, 0.6) is 5.75 Å². The maximum absolute atomic E-state index is 13.6. The van der Waals surface area contributed by atoms with Gasteiger partial charge in [0.2, 0.25) is 11.8 Å². The first-order valence-electron chi connectivity index (χ1n) is 11.3. The number of imide groups is 2. The van der Waals surface area contributed by atoms with Crippen molar-refractivity contribution in [3.63, 3.8) is 0 Å². The molecule has 190 valence electrons. The number of aliphatic carboxylic acids is 1. The van der Waals surface area contributed by atoms with E-state index in [1.807, 2.05) is 0 Å². The van der Waals surface area contributed by atoms with E-state index >= 15 is 0 Å². The highest BCUT2D eigenvalue weighted by molar-refractivity contribution is 9.09. The highest BCUT2D eigenvalue weighted by atomic mass is 79.9. The number of hydrogen-bond acceptors (Lipinski definition) is 6. The third kappa shape index (κ3) is 3.23. The molecule has 2 aliphatic carbocycles. The lowest BCUT2D eigenvalue weighted by molar-refractivity contribution is -0.143. The van der Waals surface area contributed by atoms with Crippen LogP contribution in [-0.4, -0.2) is 71.4 Å². The quantitative estimate of drug-likeness (QED) is 0.230. The van der Waals surface area contributed by atoms with E-state index in [4.69, 9.17) is 28.3 Å². The topological polar surface area (TPSA) is 132 Å². The number of alkyl halides is 3. The Bertz CT molecular complexity index is 1250. The third-order valence-electron chi connectivity index (χ3n) is 7.86. The van der Waals surface area contributed by atoms with Crippen LogP contribution in [0.2, 0.25) is 0 Å². The summed E-state index contributed by atoms with van der Waals surface area (Å²) in [6, 6.07) is 6.14. The van der Waals surface area contributed by atoms with Crippen molar-refractivity contribution in [2.24, 2.45) is 17.8 Å². The van der Waals surface area contributed by atoms with Gasteiger partial charge in [0, 0.05) is 12.5 Å². The number of phenolic OH excluding ortho intramolecular Hbond substituents is 1. The molecule has 2 N–H and O–H groups in total. The van der Waals surface area contributed by atoms with Crippen molar-refractivity contribution < 1.29 is 34.2 Å². The monoisotopic (exact) mass is 598 g/mol. The molecule has 0 aromatic heterocycles. The summed E-state index contributed by atoms with van der Waals surface area (Å²) in [5.41, 5.74) is 0.921. The highest BCUT2D eigenvalue weighted by Crippen LogP contribution is 2.65. The summed E-state index contributed by atoms with van der Waals surface area (Å²) in [6.07, 6.45) is 1.43. The number of halogens is 3. The molecule has 4 aliphatic rings. The fourth-order valence-electron chi connectivity index (χ4n) is 6.32. The first-order chi connectivity index (χ1) is 17.0. The number of carboxylic acids is 1. The van der Waals surface area contributed by atoms with Gasteiger partial charge in [-0.3, -0.25) is 33.8 Å². The number of carboxylic acid groups (broad SMARTS) is 1. The number of allylic oxidation sites excluding steroid dienone is 2. The summed E-state index contributed by atoms with van der Waals surface area (Å²) in [4.78, 5) is 62.7. The molecule has 6 atom stereocenters. The first kappa shape index (κ1) is 25.2. The number of carbonyl (C=O) groups excluding carboxylic acids is 4. The fourth-order valence-corrected chi connectivity index (χ4v) is 7.75. The van der Waals surface area contributed by atoms with Crippen LogP contribution in [-0.2, 0) is 24.0 Å². The average Bonchev–Trinajstić information content (AvgIpc) is 3.15. The first-order valence-corrected chi connectivity index (χ1v) is 13.2. The Kier molecular flexibility index (Phi) is 6.00. The maximum atomic E-state index is 13.6. The predicted octanol–water partition coefficient (Wildman–Crippen LogP) is 2.58. The summed E-state index contributed by atoms with van der Waals surface area (Å²) in [5, 5.41) is 19.2. The van der Waals surface area contributed by atoms with Crippen LogP contribution in [0.15, 0.2) is 35.9 Å². The third-order valence-corrected chi connectivity index (χ3v) is 9.77. The fraction of sp³-hybridized carbons (Fsp3) is 0.458. The van der Waals surface area contributed by atoms with Crippen molar-refractivity contribution in [3.8, 4) is 5.75 Å². The van der Waals surface area contributed by atoms with Gasteiger partial charge >= 0.3 is 5.97 Å². The lowest BCUT2D eigenvalue weighted by Gasteiger charge is -2.50. The molecule has 2 heterocycles. The molecule has 0 radical (unpaired) electrons. The van der Waals surface area contributed by atoms with Gasteiger partial charge in [-0.15, -0.1) is 23.2 Å². The second-order valence-corrected chi connectivity index (χ2v) is 11.3. The van der Waals surface area contributed by atoms with Crippen LogP contribution in [0, 0.1) is 17.8 Å². The maximum Gasteiger partial charge on any atom is 0.305 e. The van der Waals surface area contributed by atoms with Gasteiger partial charge in [0.15, 0.2) is 9.75 Å². The summed E-state index contributed by atoms with van der Waals surface area (Å²) in [6.45, 7) is -0.252. The predicted molar refractivity (Wildman–Crippen MR) is 130 cm³/mol. The number of amides is 4. The van der Waals surface area contributed by atoms with Crippen LogP contribution in [0.4, 0.5) is 0 Å². The molecular weight excluding hydrogens is 579 g/mol. The molecule has 0 spiro atoms. The Morgan fingerprint density at radius 3 is 2.44 bits per heavy atom. The Hall–Kier alpha value is -2.43. The van der Waals surface area contributed by atoms with Crippen LogP contribution in [0.25, 0.3) is 0 Å². The van der Waals surface area contributed by atoms with Crippen molar-refractivity contribution >= 4 is 68.7 Å². The van der Waals surface area contributed by atoms with E-state index < -0.39 is 63.0 Å². The zero-order chi connectivity index (χ0) is 26.2. The summed E-state index contributed by atoms with van der Waals surface area (Å²) >= 11 is 17.3. The van der Waals surface area contributed by atoms with Crippen molar-refractivity contribution in [2.45, 2.75) is 34.9 Å². The van der Waals surface area contributed by atoms with Crippen LogP contribution < -0.4 is 0 Å². The van der Waals surface area contributed by atoms with Gasteiger partial charge in [-0.1, -0.05) is 39.7 Å². The Morgan fingerprint density at radius 1 is 1.08 bits per heavy atom. The molecule has 4 amide bonds. The van der Waals surface area contributed by atoms with E-state index in [-0.39, 0.29) is 37.0 Å². The van der Waals surface area contributed by atoms with Gasteiger partial charge in [-0.25, -0.2) is 0 Å². The molecule has 6 unspecified atom stereocenters. The van der Waals surface area contributed by atoms with Crippen molar-refractivity contribution in [1.29, 1.82) is 0 Å². The molecule has 36 heavy (non-hydrogen) atoms. The zero-order valence-corrected chi connectivity index (χ0v) is 21.8. The molecule has 9 nitrogen and oxygen atoms in total. The standard InChI is InChI=1S/C24H21BrCl2N2O7/c25-10-29-21(35)23(26)9-15-13(18(24(23,27)22(29)36)11-2-1-3-12(30)8-11)4-5-14-17(15)20(34)28(19(14)33)7-6-16(31)32/h1-4,8,14-15,17-18,30H,5-7,9-10H2,(H,31,32). The summed E-state index contributed by atoms with van der Waals surface area (Å²) in [7, 11) is 0. The van der Waals surface area contributed by atoms with E-state index in [1.54, 1.807) is 18.2 Å². The van der Waals surface area contributed by atoms with Crippen molar-refractivity contribution in [2.75, 3.05) is 12.0 Å². The molecule has 3 fully saturated rings. The minimum absolute atomic E-state index is 0.0783. The lowest BCUT2D eigenvalue weighted by Crippen LogP contribution is -2.60. The van der Waals surface area contributed by atoms with Crippen LogP contribution in [0.1, 0.15) is 30.7 Å². The lowest BCUT2D eigenvalue weighted by atomic mass is 9.56. The number of benzene rings is 1. The second-order valence-electron chi connectivity index (χ2n) is 9.55. The van der Waals surface area contributed by atoms with Crippen LogP contribution in [0.3, 0.4) is 0 Å². The van der Waals surface area contributed by atoms with Gasteiger partial charge in [0.1, 0.15) is 5.75 Å². The minimum Gasteiger partial charge on any atom is -0.508 e. The van der Waals surface area contributed by atoms with Crippen LogP contribution >= 0.6 is 39.1 Å². The molecule has 0 bridgehead atoms. The van der Waals surface area contributed by atoms with Crippen molar-refractivity contribution in [3.05, 3.63) is 41.5 Å². The Morgan fingerprint density at radius 2 is 1.81 bits per heavy atom. The van der Waals surface area contributed by atoms with Gasteiger partial charge in [-0.2, -0.15) is 0 Å². The van der Waals surface area contributed by atoms with Gasteiger partial charge in [-0.05, 0) is 36.5 Å². The molecule has 5 rings (SSSR count). The number of carbonyl (C=O) groups is 5. The number of aromatic hydroxyl groups is 1. The highest BCUT2D eigenvalue weighted by Gasteiger charge is 2.76. The zero-order valence-electron chi connectivity index (χ0n) is 18.7. The summed E-state index contributed by atoms with van der Waals surface area (Å²) < 4.78 is 0. The molecular formula is C24H21BrCl2N2O7. The molecule has 12 heteroatoms. The molecule has 1 aromatic rings. The molecule has 1 aromatic carbocycles. The number of likely N-dealkylation sites (tertiary alicyclic amines) is 2. The minimum atomic E-state index is -1.93. The number of hydrogen-bond donors (Lipinski definition) is 2. The van der Waals surface area contributed by atoms with E-state index in [9.17, 15) is 29.1 Å². The smallest absolute Gasteiger partial charge is 0.305 e. The van der Waals surface area contributed by atoms with E-state index in [0.29, 0.717) is 11.1 Å².